The summed E-state index contributed by atoms with van der Waals surface area (Å²) >= 11 is 0. The molecule has 19 heavy (non-hydrogen) atoms. The summed E-state index contributed by atoms with van der Waals surface area (Å²) in [5.74, 6) is 1.21. The Balaban J connectivity index is 1.92. The van der Waals surface area contributed by atoms with Gasteiger partial charge in [0.25, 0.3) is 5.69 Å². The number of rotatable bonds is 4. The molecule has 4 nitrogen and oxygen atoms in total. The minimum absolute atomic E-state index is 0.114. The highest BCUT2D eigenvalue weighted by Gasteiger charge is 2.35. The largest absolute Gasteiger partial charge is 0.299 e. The fourth-order valence-corrected chi connectivity index (χ4v) is 2.81. The zero-order chi connectivity index (χ0) is 14.0. The number of carbonyl (C=O) groups is 1. The number of nitro benzene ring substituents is 1. The fourth-order valence-electron chi connectivity index (χ4n) is 2.81. The molecule has 1 aromatic rings. The van der Waals surface area contributed by atoms with E-state index in [1.165, 1.54) is 12.1 Å². The van der Waals surface area contributed by atoms with Gasteiger partial charge in [0, 0.05) is 24.0 Å². The Morgan fingerprint density at radius 2 is 1.89 bits per heavy atom. The first-order chi connectivity index (χ1) is 8.99. The van der Waals surface area contributed by atoms with E-state index in [-0.39, 0.29) is 17.5 Å². The first-order valence-corrected chi connectivity index (χ1v) is 6.76. The van der Waals surface area contributed by atoms with E-state index in [1.54, 1.807) is 12.1 Å². The maximum absolute atomic E-state index is 12.0. The minimum Gasteiger partial charge on any atom is -0.299 e. The third kappa shape index (κ3) is 3.00. The van der Waals surface area contributed by atoms with Gasteiger partial charge in [-0.05, 0) is 30.7 Å². The van der Waals surface area contributed by atoms with Crippen LogP contribution in [0.25, 0.3) is 0 Å². The van der Waals surface area contributed by atoms with E-state index in [1.807, 2.05) is 6.92 Å². The molecular formula is C15H19NO3. The summed E-state index contributed by atoms with van der Waals surface area (Å²) < 4.78 is 0. The van der Waals surface area contributed by atoms with Gasteiger partial charge in [0.2, 0.25) is 0 Å². The minimum atomic E-state index is -0.395. The molecule has 3 unspecified atom stereocenters. The maximum atomic E-state index is 12.0. The number of Topliss-reactive ketones (excluding diaryl/α,β-unsaturated/α-hetero) is 1. The van der Waals surface area contributed by atoms with Crippen LogP contribution in [-0.4, -0.2) is 10.7 Å². The van der Waals surface area contributed by atoms with E-state index in [2.05, 4.69) is 6.92 Å². The van der Waals surface area contributed by atoms with Crippen molar-refractivity contribution in [3.8, 4) is 0 Å². The van der Waals surface area contributed by atoms with Crippen LogP contribution in [0.2, 0.25) is 0 Å². The SMILES string of the molecule is CC1CC(CCc2ccc([N+](=O)[O-])cc2)C(=O)C1C. The molecule has 0 spiro atoms. The maximum Gasteiger partial charge on any atom is 0.269 e. The van der Waals surface area contributed by atoms with Crippen LogP contribution in [0.5, 0.6) is 0 Å². The molecule has 0 radical (unpaired) electrons. The normalized spacial score (nSPS) is 26.6. The second-order valence-corrected chi connectivity index (χ2v) is 5.56. The summed E-state index contributed by atoms with van der Waals surface area (Å²) in [6, 6.07) is 6.61. The van der Waals surface area contributed by atoms with Crippen molar-refractivity contribution in [3.05, 3.63) is 39.9 Å². The van der Waals surface area contributed by atoms with Gasteiger partial charge in [0.15, 0.2) is 0 Å². The number of hydrogen-bond acceptors (Lipinski definition) is 3. The van der Waals surface area contributed by atoms with Gasteiger partial charge >= 0.3 is 0 Å². The van der Waals surface area contributed by atoms with Gasteiger partial charge in [-0.2, -0.15) is 0 Å². The highest BCUT2D eigenvalue weighted by atomic mass is 16.6. The van der Waals surface area contributed by atoms with Crippen LogP contribution in [0.4, 0.5) is 5.69 Å². The molecule has 3 atom stereocenters. The molecule has 1 saturated carbocycles. The summed E-state index contributed by atoms with van der Waals surface area (Å²) in [6.07, 6.45) is 2.64. The monoisotopic (exact) mass is 261 g/mol. The van der Waals surface area contributed by atoms with Crippen LogP contribution in [0.3, 0.4) is 0 Å². The number of nitro groups is 1. The van der Waals surface area contributed by atoms with Crippen molar-refractivity contribution in [1.29, 1.82) is 0 Å². The molecule has 0 amide bonds. The molecule has 0 heterocycles. The number of ketones is 1. The number of nitrogens with zero attached hydrogens (tertiary/aromatic N) is 1. The Morgan fingerprint density at radius 3 is 2.37 bits per heavy atom. The summed E-state index contributed by atoms with van der Waals surface area (Å²) in [7, 11) is 0. The topological polar surface area (TPSA) is 60.2 Å². The van der Waals surface area contributed by atoms with E-state index in [0.29, 0.717) is 11.7 Å². The molecule has 4 heteroatoms. The molecule has 102 valence electrons. The predicted octanol–water partition coefficient (Wildman–Crippen LogP) is 3.39. The van der Waals surface area contributed by atoms with Gasteiger partial charge in [-0.1, -0.05) is 26.0 Å². The van der Waals surface area contributed by atoms with Gasteiger partial charge in [0.1, 0.15) is 5.78 Å². The zero-order valence-corrected chi connectivity index (χ0v) is 11.3. The van der Waals surface area contributed by atoms with E-state index >= 15 is 0 Å². The number of hydrogen-bond donors (Lipinski definition) is 0. The van der Waals surface area contributed by atoms with Crippen molar-refractivity contribution in [3.63, 3.8) is 0 Å². The zero-order valence-electron chi connectivity index (χ0n) is 11.3. The molecule has 2 rings (SSSR count). The molecule has 0 N–H and O–H groups in total. The summed E-state index contributed by atoms with van der Waals surface area (Å²) in [4.78, 5) is 22.2. The average molecular weight is 261 g/mol. The Labute approximate surface area is 113 Å². The number of aryl methyl sites for hydroxylation is 1. The Kier molecular flexibility index (Phi) is 3.98. The second-order valence-electron chi connectivity index (χ2n) is 5.56. The van der Waals surface area contributed by atoms with Crippen molar-refractivity contribution in [1.82, 2.24) is 0 Å². The lowest BCUT2D eigenvalue weighted by atomic mass is 9.96. The quantitative estimate of drug-likeness (QED) is 0.616. The van der Waals surface area contributed by atoms with E-state index in [9.17, 15) is 14.9 Å². The average Bonchev–Trinajstić information content (AvgIpc) is 2.64. The van der Waals surface area contributed by atoms with Crippen LogP contribution in [-0.2, 0) is 11.2 Å². The summed E-state index contributed by atoms with van der Waals surface area (Å²) in [6.45, 7) is 4.15. The van der Waals surface area contributed by atoms with Gasteiger partial charge < -0.3 is 0 Å². The first-order valence-electron chi connectivity index (χ1n) is 6.76. The molecule has 1 fully saturated rings. The Bertz CT molecular complexity index is 481. The van der Waals surface area contributed by atoms with Crippen LogP contribution >= 0.6 is 0 Å². The number of benzene rings is 1. The molecule has 0 aliphatic heterocycles. The summed E-state index contributed by atoms with van der Waals surface area (Å²) in [5, 5.41) is 10.6. The molecule has 0 aromatic heterocycles. The highest BCUT2D eigenvalue weighted by Crippen LogP contribution is 2.35. The van der Waals surface area contributed by atoms with Gasteiger partial charge in [-0.15, -0.1) is 0 Å². The first kappa shape index (κ1) is 13.7. The van der Waals surface area contributed by atoms with Crippen LogP contribution < -0.4 is 0 Å². The van der Waals surface area contributed by atoms with Crippen molar-refractivity contribution >= 4 is 11.5 Å². The second kappa shape index (κ2) is 5.51. The van der Waals surface area contributed by atoms with Gasteiger partial charge in [0.05, 0.1) is 4.92 Å². The molecular weight excluding hydrogens is 242 g/mol. The standard InChI is InChI=1S/C15H19NO3/c1-10-9-13(15(17)11(10)2)6-3-12-4-7-14(8-5-12)16(18)19/h4-5,7-8,10-11,13H,3,6,9H2,1-2H3. The Hall–Kier alpha value is -1.71. The predicted molar refractivity (Wildman–Crippen MR) is 72.9 cm³/mol. The van der Waals surface area contributed by atoms with Crippen molar-refractivity contribution in [2.24, 2.45) is 17.8 Å². The number of non-ortho nitro benzene ring substituents is 1. The smallest absolute Gasteiger partial charge is 0.269 e. The van der Waals surface area contributed by atoms with Crippen molar-refractivity contribution in [2.75, 3.05) is 0 Å². The van der Waals surface area contributed by atoms with Gasteiger partial charge in [-0.25, -0.2) is 0 Å². The fraction of sp³-hybridized carbons (Fsp3) is 0.533. The summed E-state index contributed by atoms with van der Waals surface area (Å²) in [5.41, 5.74) is 1.17. The lowest BCUT2D eigenvalue weighted by Crippen LogP contribution is -2.13. The van der Waals surface area contributed by atoms with Crippen molar-refractivity contribution in [2.45, 2.75) is 33.1 Å². The van der Waals surface area contributed by atoms with E-state index in [0.717, 1.165) is 24.8 Å². The van der Waals surface area contributed by atoms with Crippen molar-refractivity contribution < 1.29 is 9.72 Å². The molecule has 1 aromatic carbocycles. The third-order valence-corrected chi connectivity index (χ3v) is 4.29. The van der Waals surface area contributed by atoms with E-state index in [4.69, 9.17) is 0 Å². The molecule has 1 aliphatic rings. The molecule has 1 aliphatic carbocycles. The van der Waals surface area contributed by atoms with E-state index < -0.39 is 4.92 Å². The third-order valence-electron chi connectivity index (χ3n) is 4.29. The lowest BCUT2D eigenvalue weighted by molar-refractivity contribution is -0.384. The van der Waals surface area contributed by atoms with Crippen LogP contribution in [0.1, 0.15) is 32.3 Å². The lowest BCUT2D eigenvalue weighted by Gasteiger charge is -2.08. The Morgan fingerprint density at radius 1 is 1.26 bits per heavy atom. The van der Waals surface area contributed by atoms with Crippen LogP contribution in [0, 0.1) is 27.9 Å². The van der Waals surface area contributed by atoms with Gasteiger partial charge in [-0.3, -0.25) is 14.9 Å². The highest BCUT2D eigenvalue weighted by molar-refractivity contribution is 5.85. The van der Waals surface area contributed by atoms with Crippen LogP contribution in [0.15, 0.2) is 24.3 Å². The number of carbonyl (C=O) groups excluding carboxylic acids is 1. The molecule has 0 saturated heterocycles. The molecule has 0 bridgehead atoms.